The summed E-state index contributed by atoms with van der Waals surface area (Å²) in [6, 6.07) is 6.73. The van der Waals surface area contributed by atoms with E-state index in [1.165, 1.54) is 17.7 Å². The normalized spacial score (nSPS) is 13.6. The highest BCUT2D eigenvalue weighted by Crippen LogP contribution is 2.33. The molecule has 1 heterocycles. The van der Waals surface area contributed by atoms with Gasteiger partial charge in [0.25, 0.3) is 0 Å². The van der Waals surface area contributed by atoms with Crippen LogP contribution in [0, 0.1) is 5.82 Å². The van der Waals surface area contributed by atoms with Crippen molar-refractivity contribution in [3.8, 4) is 0 Å². The van der Waals surface area contributed by atoms with Crippen LogP contribution in [0.15, 0.2) is 42.9 Å². The Kier molecular flexibility index (Phi) is 3.92. The van der Waals surface area contributed by atoms with Gasteiger partial charge in [0.05, 0.1) is 18.2 Å². The predicted molar refractivity (Wildman–Crippen MR) is 71.7 cm³/mol. The SMILES string of the molecule is C/C=C(\c1cnc[nH]1)C(CC)c1ccc(F)cc1. The third-order valence-corrected chi connectivity index (χ3v) is 3.18. The summed E-state index contributed by atoms with van der Waals surface area (Å²) in [5, 5.41) is 0. The van der Waals surface area contributed by atoms with Crippen molar-refractivity contribution in [1.29, 1.82) is 0 Å². The van der Waals surface area contributed by atoms with Crippen LogP contribution in [0.5, 0.6) is 0 Å². The molecule has 1 unspecified atom stereocenters. The molecule has 0 aliphatic rings. The Balaban J connectivity index is 2.36. The molecule has 3 heteroatoms. The van der Waals surface area contributed by atoms with Gasteiger partial charge in [-0.2, -0.15) is 0 Å². The number of H-pyrrole nitrogens is 1. The zero-order chi connectivity index (χ0) is 13.0. The fourth-order valence-electron chi connectivity index (χ4n) is 2.29. The smallest absolute Gasteiger partial charge is 0.123 e. The molecule has 2 aromatic rings. The largest absolute Gasteiger partial charge is 0.345 e. The average Bonchev–Trinajstić information content (AvgIpc) is 2.91. The number of rotatable bonds is 4. The van der Waals surface area contributed by atoms with Crippen molar-refractivity contribution in [1.82, 2.24) is 9.97 Å². The van der Waals surface area contributed by atoms with Crippen LogP contribution in [-0.4, -0.2) is 9.97 Å². The van der Waals surface area contributed by atoms with E-state index in [-0.39, 0.29) is 11.7 Å². The van der Waals surface area contributed by atoms with Crippen molar-refractivity contribution in [2.24, 2.45) is 0 Å². The van der Waals surface area contributed by atoms with Crippen LogP contribution in [0.25, 0.3) is 5.57 Å². The fourth-order valence-corrected chi connectivity index (χ4v) is 2.29. The molecule has 0 fully saturated rings. The quantitative estimate of drug-likeness (QED) is 0.860. The first kappa shape index (κ1) is 12.6. The van der Waals surface area contributed by atoms with Crippen LogP contribution in [0.1, 0.15) is 37.4 Å². The van der Waals surface area contributed by atoms with E-state index in [1.54, 1.807) is 6.33 Å². The van der Waals surface area contributed by atoms with Crippen molar-refractivity contribution in [2.75, 3.05) is 0 Å². The fraction of sp³-hybridized carbons (Fsp3) is 0.267. The molecule has 0 amide bonds. The molecule has 1 atom stereocenters. The molecule has 18 heavy (non-hydrogen) atoms. The number of aromatic amines is 1. The molecular weight excluding hydrogens is 227 g/mol. The van der Waals surface area contributed by atoms with Gasteiger partial charge in [-0.1, -0.05) is 25.1 Å². The van der Waals surface area contributed by atoms with E-state index < -0.39 is 0 Å². The lowest BCUT2D eigenvalue weighted by atomic mass is 9.87. The summed E-state index contributed by atoms with van der Waals surface area (Å²) < 4.78 is 13.0. The van der Waals surface area contributed by atoms with Crippen molar-refractivity contribution < 1.29 is 4.39 Å². The molecule has 0 aliphatic carbocycles. The molecule has 2 rings (SSSR count). The van der Waals surface area contributed by atoms with Crippen molar-refractivity contribution in [3.05, 3.63) is 59.9 Å². The summed E-state index contributed by atoms with van der Waals surface area (Å²) in [5.74, 6) is 0.0632. The molecule has 0 spiro atoms. The third-order valence-electron chi connectivity index (χ3n) is 3.18. The second-order valence-electron chi connectivity index (χ2n) is 4.22. The number of hydrogen-bond donors (Lipinski definition) is 1. The first-order chi connectivity index (χ1) is 8.76. The second-order valence-corrected chi connectivity index (χ2v) is 4.22. The van der Waals surface area contributed by atoms with Gasteiger partial charge < -0.3 is 4.98 Å². The van der Waals surface area contributed by atoms with Gasteiger partial charge in [0.15, 0.2) is 0 Å². The molecule has 94 valence electrons. The van der Waals surface area contributed by atoms with Crippen molar-refractivity contribution in [3.63, 3.8) is 0 Å². The summed E-state index contributed by atoms with van der Waals surface area (Å²) in [7, 11) is 0. The van der Waals surface area contributed by atoms with Crippen LogP contribution < -0.4 is 0 Å². The summed E-state index contributed by atoms with van der Waals surface area (Å²) in [4.78, 5) is 7.19. The van der Waals surface area contributed by atoms with Crippen molar-refractivity contribution >= 4 is 5.57 Å². The van der Waals surface area contributed by atoms with E-state index in [4.69, 9.17) is 0 Å². The van der Waals surface area contributed by atoms with Gasteiger partial charge in [0.2, 0.25) is 0 Å². The molecule has 1 aromatic carbocycles. The lowest BCUT2D eigenvalue weighted by molar-refractivity contribution is 0.626. The van der Waals surface area contributed by atoms with Gasteiger partial charge in [-0.05, 0) is 36.6 Å². The minimum atomic E-state index is -0.197. The highest BCUT2D eigenvalue weighted by molar-refractivity contribution is 5.68. The Morgan fingerprint density at radius 2 is 2.11 bits per heavy atom. The van der Waals surface area contributed by atoms with Gasteiger partial charge >= 0.3 is 0 Å². The van der Waals surface area contributed by atoms with Crippen LogP contribution in [0.2, 0.25) is 0 Å². The van der Waals surface area contributed by atoms with E-state index in [2.05, 4.69) is 23.0 Å². The van der Waals surface area contributed by atoms with E-state index in [0.29, 0.717) is 0 Å². The maximum absolute atomic E-state index is 13.0. The Bertz CT molecular complexity index is 512. The van der Waals surface area contributed by atoms with Gasteiger partial charge in [0, 0.05) is 5.92 Å². The Labute approximate surface area is 107 Å². The van der Waals surface area contributed by atoms with E-state index in [1.807, 2.05) is 25.3 Å². The maximum atomic E-state index is 13.0. The second kappa shape index (κ2) is 5.63. The summed E-state index contributed by atoms with van der Waals surface area (Å²) in [5.41, 5.74) is 3.34. The summed E-state index contributed by atoms with van der Waals surface area (Å²) >= 11 is 0. The first-order valence-electron chi connectivity index (χ1n) is 6.16. The number of halogens is 1. The molecule has 0 aliphatic heterocycles. The molecule has 1 aromatic heterocycles. The number of aromatic nitrogens is 2. The summed E-state index contributed by atoms with van der Waals surface area (Å²) in [6.07, 6.45) is 6.55. The third kappa shape index (κ3) is 2.50. The van der Waals surface area contributed by atoms with E-state index in [9.17, 15) is 4.39 Å². The number of nitrogens with one attached hydrogen (secondary N) is 1. The lowest BCUT2D eigenvalue weighted by Crippen LogP contribution is -2.01. The zero-order valence-electron chi connectivity index (χ0n) is 10.7. The predicted octanol–water partition coefficient (Wildman–Crippen LogP) is 4.15. The highest BCUT2D eigenvalue weighted by Gasteiger charge is 2.16. The standard InChI is InChI=1S/C15H17FN2/c1-3-13(11-5-7-12(16)8-6-11)14(4-2)15-9-17-10-18-15/h4-10,13H,3H2,1-2H3,(H,17,18)/b14-4-. The van der Waals surface area contributed by atoms with E-state index in [0.717, 1.165) is 17.7 Å². The van der Waals surface area contributed by atoms with E-state index >= 15 is 0 Å². The monoisotopic (exact) mass is 244 g/mol. The molecular formula is C15H17FN2. The Hall–Kier alpha value is -1.90. The van der Waals surface area contributed by atoms with Crippen LogP contribution in [-0.2, 0) is 0 Å². The first-order valence-corrected chi connectivity index (χ1v) is 6.16. The molecule has 0 radical (unpaired) electrons. The van der Waals surface area contributed by atoms with Gasteiger partial charge in [-0.15, -0.1) is 0 Å². The van der Waals surface area contributed by atoms with Crippen LogP contribution in [0.3, 0.4) is 0 Å². The van der Waals surface area contributed by atoms with Gasteiger partial charge in [0.1, 0.15) is 5.82 Å². The molecule has 0 saturated heterocycles. The number of hydrogen-bond acceptors (Lipinski definition) is 1. The van der Waals surface area contributed by atoms with Gasteiger partial charge in [-0.25, -0.2) is 9.37 Å². The molecule has 0 saturated carbocycles. The average molecular weight is 244 g/mol. The molecule has 2 nitrogen and oxygen atoms in total. The lowest BCUT2D eigenvalue weighted by Gasteiger charge is -2.18. The summed E-state index contributed by atoms with van der Waals surface area (Å²) in [6.45, 7) is 4.15. The van der Waals surface area contributed by atoms with Gasteiger partial charge in [-0.3, -0.25) is 0 Å². The van der Waals surface area contributed by atoms with Crippen molar-refractivity contribution in [2.45, 2.75) is 26.2 Å². The van der Waals surface area contributed by atoms with Crippen LogP contribution >= 0.6 is 0 Å². The molecule has 1 N–H and O–H groups in total. The minimum Gasteiger partial charge on any atom is -0.345 e. The topological polar surface area (TPSA) is 28.7 Å². The Morgan fingerprint density at radius 1 is 1.39 bits per heavy atom. The number of benzene rings is 1. The zero-order valence-corrected chi connectivity index (χ0v) is 10.7. The minimum absolute atomic E-state index is 0.197. The number of allylic oxidation sites excluding steroid dienone is 2. The number of imidazole rings is 1. The highest BCUT2D eigenvalue weighted by atomic mass is 19.1. The molecule has 0 bridgehead atoms. The number of nitrogens with zero attached hydrogens (tertiary/aromatic N) is 1. The maximum Gasteiger partial charge on any atom is 0.123 e. The van der Waals surface area contributed by atoms with Crippen LogP contribution in [0.4, 0.5) is 4.39 Å². The Morgan fingerprint density at radius 3 is 2.61 bits per heavy atom.